The van der Waals surface area contributed by atoms with Crippen LogP contribution >= 0.6 is 11.3 Å². The number of likely N-dealkylation sites (tertiary alicyclic amines) is 1. The summed E-state index contributed by atoms with van der Waals surface area (Å²) in [6.07, 6.45) is 1.73. The van der Waals surface area contributed by atoms with E-state index < -0.39 is 35.2 Å². The van der Waals surface area contributed by atoms with Crippen LogP contribution in [0.1, 0.15) is 30.2 Å². The minimum absolute atomic E-state index is 0.146. The Kier molecular flexibility index (Phi) is 11.0. The van der Waals surface area contributed by atoms with Gasteiger partial charge in [-0.3, -0.25) is 9.63 Å². The number of benzene rings is 1. The van der Waals surface area contributed by atoms with Gasteiger partial charge in [-0.15, -0.1) is 11.3 Å². The summed E-state index contributed by atoms with van der Waals surface area (Å²) in [6, 6.07) is 10.4. The summed E-state index contributed by atoms with van der Waals surface area (Å²) in [5.41, 5.74) is -0.900. The number of hydrogen-bond donors (Lipinski definition) is 2. The number of carboxylic acids is 2. The fraction of sp³-hybridized carbons (Fsp3) is 0.417. The van der Waals surface area contributed by atoms with Crippen LogP contribution in [0.2, 0.25) is 0 Å². The molecule has 0 spiro atoms. The number of thiophene rings is 1. The first-order valence-electron chi connectivity index (χ1n) is 11.1. The van der Waals surface area contributed by atoms with Gasteiger partial charge in [-0.25, -0.2) is 23.8 Å². The number of carbonyl (C=O) groups is 4. The van der Waals surface area contributed by atoms with Crippen molar-refractivity contribution in [2.24, 2.45) is 0 Å². The van der Waals surface area contributed by atoms with E-state index in [-0.39, 0.29) is 6.61 Å². The number of esters is 1. The fourth-order valence-corrected chi connectivity index (χ4v) is 4.51. The third-order valence-electron chi connectivity index (χ3n) is 5.67. The second kappa shape index (κ2) is 13.7. The number of hydrogen-bond acceptors (Lipinski definition) is 8. The van der Waals surface area contributed by atoms with Crippen LogP contribution < -0.4 is 0 Å². The predicted molar refractivity (Wildman–Crippen MR) is 127 cm³/mol. The minimum Gasteiger partial charge on any atom is -0.473 e. The van der Waals surface area contributed by atoms with Crippen molar-refractivity contribution in [1.82, 2.24) is 9.96 Å². The third kappa shape index (κ3) is 7.83. The summed E-state index contributed by atoms with van der Waals surface area (Å²) in [4.78, 5) is 52.7. The van der Waals surface area contributed by atoms with Crippen LogP contribution in [0.15, 0.2) is 41.8 Å². The molecule has 1 amide bonds. The van der Waals surface area contributed by atoms with Gasteiger partial charge in [0.2, 0.25) is 5.91 Å². The van der Waals surface area contributed by atoms with Crippen molar-refractivity contribution < 1.29 is 43.4 Å². The Labute approximate surface area is 211 Å². The first-order valence-corrected chi connectivity index (χ1v) is 11.9. The lowest BCUT2D eigenvalue weighted by molar-refractivity contribution is -0.240. The molecule has 3 rings (SSSR count). The average molecular weight is 525 g/mol. The Hall–Kier alpha value is -3.35. The maximum Gasteiger partial charge on any atom is 0.414 e. The largest absolute Gasteiger partial charge is 0.473 e. The molecule has 10 nitrogen and oxygen atoms in total. The van der Waals surface area contributed by atoms with Crippen LogP contribution in [0.5, 0.6) is 0 Å². The molecule has 0 unspecified atom stereocenters. The van der Waals surface area contributed by atoms with Gasteiger partial charge in [-0.1, -0.05) is 24.3 Å². The molecule has 2 aromatic rings. The standard InChI is InChI=1S/C22H27FN2O4S.C2H2O4/c1-17(26)25(29-16-18-6-3-4-8-20(18)23)22(21(27)28-2)10-13-24(14-11-22)12-9-19-7-5-15-30-19;3-1(4)2(5)6/h3-8,15H,9-14,16H2,1-2H3;(H,3,4)(H,5,6). The van der Waals surface area contributed by atoms with Crippen LogP contribution in [-0.2, 0) is 41.8 Å². The number of carbonyl (C=O) groups excluding carboxylic acids is 2. The molecule has 1 aliphatic rings. The number of aliphatic carboxylic acids is 2. The number of ether oxygens (including phenoxy) is 1. The summed E-state index contributed by atoms with van der Waals surface area (Å²) in [5.74, 6) is -4.99. The molecule has 2 N–H and O–H groups in total. The second-order valence-electron chi connectivity index (χ2n) is 7.98. The van der Waals surface area contributed by atoms with Gasteiger partial charge in [-0.2, -0.15) is 0 Å². The van der Waals surface area contributed by atoms with E-state index in [1.54, 1.807) is 29.5 Å². The molecule has 0 atom stereocenters. The van der Waals surface area contributed by atoms with Crippen LogP contribution in [-0.4, -0.2) is 76.3 Å². The maximum atomic E-state index is 14.0. The van der Waals surface area contributed by atoms with E-state index in [4.69, 9.17) is 29.4 Å². The van der Waals surface area contributed by atoms with Crippen molar-refractivity contribution >= 4 is 35.2 Å². The molecule has 1 aromatic heterocycles. The summed E-state index contributed by atoms with van der Waals surface area (Å²) < 4.78 is 19.0. The molecule has 12 heteroatoms. The molecule has 1 fully saturated rings. The van der Waals surface area contributed by atoms with Gasteiger partial charge in [0.05, 0.1) is 7.11 Å². The van der Waals surface area contributed by atoms with Gasteiger partial charge in [-0.05, 0) is 36.8 Å². The van der Waals surface area contributed by atoms with Gasteiger partial charge >= 0.3 is 17.9 Å². The first-order chi connectivity index (χ1) is 17.1. The van der Waals surface area contributed by atoms with E-state index in [0.29, 0.717) is 31.5 Å². The van der Waals surface area contributed by atoms with Gasteiger partial charge in [0, 0.05) is 37.0 Å². The number of methoxy groups -OCH3 is 1. The van der Waals surface area contributed by atoms with Gasteiger partial charge < -0.3 is 19.8 Å². The number of carboxylic acid groups (broad SMARTS) is 2. The number of hydroxylamine groups is 2. The number of piperidine rings is 1. The summed E-state index contributed by atoms with van der Waals surface area (Å²) >= 11 is 1.73. The summed E-state index contributed by atoms with van der Waals surface area (Å²) in [6.45, 7) is 3.34. The van der Waals surface area contributed by atoms with Gasteiger partial charge in [0.15, 0.2) is 5.54 Å². The quantitative estimate of drug-likeness (QED) is 0.304. The number of rotatable bonds is 8. The van der Waals surface area contributed by atoms with E-state index in [1.165, 1.54) is 25.0 Å². The highest BCUT2D eigenvalue weighted by Crippen LogP contribution is 2.32. The molecular formula is C24H29FN2O8S. The molecule has 0 saturated carbocycles. The minimum atomic E-state index is -1.82. The molecule has 1 saturated heterocycles. The highest BCUT2D eigenvalue weighted by atomic mass is 32.1. The average Bonchev–Trinajstić information content (AvgIpc) is 3.38. The predicted octanol–water partition coefficient (Wildman–Crippen LogP) is 2.57. The third-order valence-corrected chi connectivity index (χ3v) is 6.60. The van der Waals surface area contributed by atoms with Gasteiger partial charge in [0.25, 0.3) is 0 Å². The Morgan fingerprint density at radius 1 is 1.08 bits per heavy atom. The molecule has 1 aliphatic heterocycles. The summed E-state index contributed by atoms with van der Waals surface area (Å²) in [7, 11) is 1.31. The summed E-state index contributed by atoms with van der Waals surface area (Å²) in [5, 5.41) is 17.9. The van der Waals surface area contributed by atoms with Crippen LogP contribution in [0, 0.1) is 5.82 Å². The van der Waals surface area contributed by atoms with Crippen LogP contribution in [0.3, 0.4) is 0 Å². The molecule has 196 valence electrons. The van der Waals surface area contributed by atoms with Crippen molar-refractivity contribution in [2.75, 3.05) is 26.7 Å². The molecular weight excluding hydrogens is 495 g/mol. The normalized spacial score (nSPS) is 14.8. The van der Waals surface area contributed by atoms with E-state index in [2.05, 4.69) is 16.3 Å². The molecule has 0 aliphatic carbocycles. The zero-order valence-electron chi connectivity index (χ0n) is 20.0. The molecule has 2 heterocycles. The zero-order chi connectivity index (χ0) is 26.7. The van der Waals surface area contributed by atoms with Crippen molar-refractivity contribution in [3.8, 4) is 0 Å². The van der Waals surface area contributed by atoms with E-state index in [0.717, 1.165) is 18.0 Å². The SMILES string of the molecule is COC(=O)C1(N(OCc2ccccc2F)C(C)=O)CCN(CCc2cccs2)CC1.O=C(O)C(=O)O. The Balaban J connectivity index is 0.000000678. The van der Waals surface area contributed by atoms with Gasteiger partial charge in [0.1, 0.15) is 12.4 Å². The number of amides is 1. The lowest BCUT2D eigenvalue weighted by Gasteiger charge is -2.45. The smallest absolute Gasteiger partial charge is 0.414 e. The fourth-order valence-electron chi connectivity index (χ4n) is 3.82. The lowest BCUT2D eigenvalue weighted by atomic mass is 9.86. The molecule has 36 heavy (non-hydrogen) atoms. The maximum absolute atomic E-state index is 14.0. The Morgan fingerprint density at radius 2 is 1.72 bits per heavy atom. The molecule has 1 aromatic carbocycles. The number of nitrogens with zero attached hydrogens (tertiary/aromatic N) is 2. The highest BCUT2D eigenvalue weighted by Gasteiger charge is 2.50. The van der Waals surface area contributed by atoms with Crippen molar-refractivity contribution in [3.05, 3.63) is 58.0 Å². The highest BCUT2D eigenvalue weighted by molar-refractivity contribution is 7.09. The van der Waals surface area contributed by atoms with Crippen LogP contribution in [0.4, 0.5) is 4.39 Å². The lowest BCUT2D eigenvalue weighted by Crippen LogP contribution is -2.61. The molecule has 0 bridgehead atoms. The monoisotopic (exact) mass is 524 g/mol. The molecule has 0 radical (unpaired) electrons. The topological polar surface area (TPSA) is 134 Å². The van der Waals surface area contributed by atoms with E-state index in [9.17, 15) is 14.0 Å². The Bertz CT molecular complexity index is 1030. The Morgan fingerprint density at radius 3 is 2.22 bits per heavy atom. The van der Waals surface area contributed by atoms with Crippen molar-refractivity contribution in [2.45, 2.75) is 38.3 Å². The van der Waals surface area contributed by atoms with E-state index >= 15 is 0 Å². The first kappa shape index (κ1) is 28.9. The number of halogens is 1. The second-order valence-corrected chi connectivity index (χ2v) is 9.01. The zero-order valence-corrected chi connectivity index (χ0v) is 20.8. The van der Waals surface area contributed by atoms with Crippen molar-refractivity contribution in [1.29, 1.82) is 0 Å². The van der Waals surface area contributed by atoms with Crippen LogP contribution in [0.25, 0.3) is 0 Å². The van der Waals surface area contributed by atoms with Crippen molar-refractivity contribution in [3.63, 3.8) is 0 Å². The van der Waals surface area contributed by atoms with E-state index in [1.807, 2.05) is 6.07 Å².